The van der Waals surface area contributed by atoms with Crippen LogP contribution in [0.2, 0.25) is 0 Å². The number of hydrogen-bond donors (Lipinski definition) is 0. The second-order valence-corrected chi connectivity index (χ2v) is 4.22. The van der Waals surface area contributed by atoms with Gasteiger partial charge in [-0.2, -0.15) is 0 Å². The minimum atomic E-state index is 0.231. The lowest BCUT2D eigenvalue weighted by Gasteiger charge is -2.02. The topological polar surface area (TPSA) is 12.4 Å². The van der Waals surface area contributed by atoms with Crippen LogP contribution in [0.25, 0.3) is 12.2 Å². The van der Waals surface area contributed by atoms with Gasteiger partial charge < -0.3 is 0 Å². The second-order valence-electron chi connectivity index (χ2n) is 4.22. The van der Waals surface area contributed by atoms with Gasteiger partial charge in [0, 0.05) is 5.92 Å². The number of rotatable bonds is 3. The van der Waals surface area contributed by atoms with E-state index in [0.29, 0.717) is 5.92 Å². The Kier molecular flexibility index (Phi) is 2.78. The molecule has 1 aliphatic rings. The number of nitrogens with zero attached hydrogens (tertiary/aromatic N) is 1. The summed E-state index contributed by atoms with van der Waals surface area (Å²) in [6.45, 7) is 13.9. The van der Waals surface area contributed by atoms with Gasteiger partial charge in [-0.3, -0.25) is 4.99 Å². The summed E-state index contributed by atoms with van der Waals surface area (Å²) in [6.07, 6.45) is 1.02. The molecule has 0 amide bonds. The Morgan fingerprint density at radius 1 is 1.31 bits per heavy atom. The molecule has 1 nitrogen and oxygen atoms in total. The van der Waals surface area contributed by atoms with Crippen molar-refractivity contribution in [3.05, 3.63) is 46.9 Å². The van der Waals surface area contributed by atoms with Gasteiger partial charge in [0.05, 0.1) is 6.04 Å². The van der Waals surface area contributed by atoms with Crippen molar-refractivity contribution in [2.75, 3.05) is 0 Å². The molecule has 1 heteroatoms. The Morgan fingerprint density at radius 3 is 2.50 bits per heavy atom. The largest absolute Gasteiger partial charge is 0.292 e. The van der Waals surface area contributed by atoms with E-state index < -0.39 is 0 Å². The van der Waals surface area contributed by atoms with Crippen molar-refractivity contribution in [1.29, 1.82) is 0 Å². The van der Waals surface area contributed by atoms with E-state index in [-0.39, 0.29) is 6.04 Å². The first-order valence-electron chi connectivity index (χ1n) is 5.62. The van der Waals surface area contributed by atoms with Crippen LogP contribution in [0, 0.1) is 5.92 Å². The Hall–Kier alpha value is -1.63. The smallest absolute Gasteiger partial charge is 0.0809 e. The third-order valence-corrected chi connectivity index (χ3v) is 3.30. The summed E-state index contributed by atoms with van der Waals surface area (Å²) in [5, 5.41) is 2.34. The molecule has 2 unspecified atom stereocenters. The molecule has 2 rings (SSSR count). The van der Waals surface area contributed by atoms with Crippen molar-refractivity contribution in [1.82, 2.24) is 0 Å². The van der Waals surface area contributed by atoms with E-state index in [4.69, 9.17) is 0 Å². The normalized spacial score (nSPS) is 25.2. The van der Waals surface area contributed by atoms with Crippen molar-refractivity contribution in [2.45, 2.75) is 19.4 Å². The summed E-state index contributed by atoms with van der Waals surface area (Å²) in [4.78, 5) is 4.10. The zero-order valence-electron chi connectivity index (χ0n) is 9.74. The monoisotopic (exact) mass is 211 g/mol. The van der Waals surface area contributed by atoms with Gasteiger partial charge in [0.15, 0.2) is 0 Å². The Labute approximate surface area is 96.5 Å². The molecular weight excluding hydrogens is 194 g/mol. The van der Waals surface area contributed by atoms with Crippen LogP contribution < -0.4 is 10.4 Å². The molecule has 1 aliphatic carbocycles. The highest BCUT2D eigenvalue weighted by molar-refractivity contribution is 5.64. The molecular formula is C15H17N. The fourth-order valence-electron chi connectivity index (χ4n) is 2.35. The summed E-state index contributed by atoms with van der Waals surface area (Å²) in [5.74, 6) is 0.394. The van der Waals surface area contributed by atoms with Crippen LogP contribution in [0.3, 0.4) is 0 Å². The van der Waals surface area contributed by atoms with Crippen LogP contribution >= 0.6 is 0 Å². The van der Waals surface area contributed by atoms with Crippen LogP contribution in [-0.2, 0) is 0 Å². The van der Waals surface area contributed by atoms with E-state index in [1.807, 2.05) is 12.1 Å². The predicted molar refractivity (Wildman–Crippen MR) is 70.9 cm³/mol. The third kappa shape index (κ3) is 1.63. The van der Waals surface area contributed by atoms with Gasteiger partial charge in [-0.1, -0.05) is 49.9 Å². The van der Waals surface area contributed by atoms with Gasteiger partial charge in [-0.15, -0.1) is 0 Å². The lowest BCUT2D eigenvalue weighted by molar-refractivity contribution is 0.951. The Balaban J connectivity index is 2.57. The lowest BCUT2D eigenvalue weighted by Crippen LogP contribution is -2.25. The number of hydrogen-bond acceptors (Lipinski definition) is 1. The van der Waals surface area contributed by atoms with Gasteiger partial charge in [-0.05, 0) is 29.1 Å². The summed E-state index contributed by atoms with van der Waals surface area (Å²) in [7, 11) is 0. The second kappa shape index (κ2) is 4.09. The van der Waals surface area contributed by atoms with E-state index in [9.17, 15) is 0 Å². The highest BCUT2D eigenvalue weighted by Gasteiger charge is 2.43. The minimum Gasteiger partial charge on any atom is -0.292 e. The first-order chi connectivity index (χ1) is 7.70. The predicted octanol–water partition coefficient (Wildman–Crippen LogP) is 1.91. The molecule has 1 saturated carbocycles. The van der Waals surface area contributed by atoms with Crippen LogP contribution in [-0.4, -0.2) is 12.8 Å². The maximum atomic E-state index is 4.10. The lowest BCUT2D eigenvalue weighted by atomic mass is 10.0. The van der Waals surface area contributed by atoms with Crippen LogP contribution in [0.5, 0.6) is 0 Å². The molecule has 82 valence electrons. The molecule has 0 bridgehead atoms. The van der Waals surface area contributed by atoms with Gasteiger partial charge in [0.25, 0.3) is 0 Å². The van der Waals surface area contributed by atoms with E-state index in [1.165, 1.54) is 16.4 Å². The standard InChI is InChI=1S/C15H17N/c1-5-12(14-11(3)15(14)16-4)13-9-7-6-8-10(13)2/h6-9,14-15H,2-5H2,1H3/b13-12+. The molecule has 0 heterocycles. The van der Waals surface area contributed by atoms with E-state index in [2.05, 4.69) is 43.9 Å². The first-order valence-corrected chi connectivity index (χ1v) is 5.62. The molecule has 0 saturated heterocycles. The molecule has 16 heavy (non-hydrogen) atoms. The highest BCUT2D eigenvalue weighted by atomic mass is 14.8. The molecule has 1 aromatic carbocycles. The van der Waals surface area contributed by atoms with Gasteiger partial charge >= 0.3 is 0 Å². The summed E-state index contributed by atoms with van der Waals surface area (Å²) in [5.41, 5.74) is 2.59. The van der Waals surface area contributed by atoms with Gasteiger partial charge in [0.1, 0.15) is 0 Å². The third-order valence-electron chi connectivity index (χ3n) is 3.30. The van der Waals surface area contributed by atoms with Crippen molar-refractivity contribution in [3.63, 3.8) is 0 Å². The Bertz CT molecular complexity index is 539. The highest BCUT2D eigenvalue weighted by Crippen LogP contribution is 2.46. The maximum absolute atomic E-state index is 4.10. The van der Waals surface area contributed by atoms with Crippen LogP contribution in [0.1, 0.15) is 13.3 Å². The zero-order chi connectivity index (χ0) is 11.7. The van der Waals surface area contributed by atoms with E-state index >= 15 is 0 Å². The zero-order valence-corrected chi connectivity index (χ0v) is 9.74. The summed E-state index contributed by atoms with van der Waals surface area (Å²) in [6, 6.07) is 8.49. The number of aliphatic imine (C=N–C) groups is 1. The minimum absolute atomic E-state index is 0.231. The average Bonchev–Trinajstić information content (AvgIpc) is 2.93. The van der Waals surface area contributed by atoms with E-state index in [1.54, 1.807) is 0 Å². The van der Waals surface area contributed by atoms with E-state index in [0.717, 1.165) is 11.6 Å². The SMILES string of the molecule is C=NC1C(=C)C1/C(CC)=c1\ccccc1=C. The van der Waals surface area contributed by atoms with Crippen molar-refractivity contribution in [2.24, 2.45) is 10.9 Å². The van der Waals surface area contributed by atoms with Crippen LogP contribution in [0.15, 0.2) is 41.4 Å². The fraction of sp³-hybridized carbons (Fsp3) is 0.267. The van der Waals surface area contributed by atoms with Crippen molar-refractivity contribution < 1.29 is 0 Å². The maximum Gasteiger partial charge on any atom is 0.0809 e. The van der Waals surface area contributed by atoms with Crippen molar-refractivity contribution in [3.8, 4) is 0 Å². The van der Waals surface area contributed by atoms with Crippen LogP contribution in [0.4, 0.5) is 0 Å². The molecule has 1 aromatic rings. The first kappa shape index (κ1) is 10.9. The molecule has 0 radical (unpaired) electrons. The number of benzene rings is 1. The molecule has 0 spiro atoms. The molecule has 1 fully saturated rings. The fourth-order valence-corrected chi connectivity index (χ4v) is 2.35. The summed E-state index contributed by atoms with van der Waals surface area (Å²) < 4.78 is 0. The average molecular weight is 211 g/mol. The van der Waals surface area contributed by atoms with Crippen molar-refractivity contribution >= 4 is 18.9 Å². The Morgan fingerprint density at radius 2 is 2.00 bits per heavy atom. The van der Waals surface area contributed by atoms with Gasteiger partial charge in [0.2, 0.25) is 0 Å². The molecule has 0 aromatic heterocycles. The quantitative estimate of drug-likeness (QED) is 0.535. The molecule has 0 N–H and O–H groups in total. The summed E-state index contributed by atoms with van der Waals surface area (Å²) >= 11 is 0. The molecule has 2 atom stereocenters. The van der Waals surface area contributed by atoms with Gasteiger partial charge in [-0.25, -0.2) is 0 Å². The molecule has 0 aliphatic heterocycles.